The number of carbonyl (C=O) groups is 1. The maximum absolute atomic E-state index is 12.1. The van der Waals surface area contributed by atoms with Gasteiger partial charge in [0.1, 0.15) is 0 Å². The molecule has 4 heteroatoms. The minimum absolute atomic E-state index is 0.0351. The highest BCUT2D eigenvalue weighted by molar-refractivity contribution is 6.00. The van der Waals surface area contributed by atoms with Crippen molar-refractivity contribution >= 4 is 11.9 Å². The second-order valence-electron chi connectivity index (χ2n) is 1.72. The molecule has 0 radical (unpaired) electrons. The lowest BCUT2D eigenvalue weighted by Crippen LogP contribution is -2.11. The van der Waals surface area contributed by atoms with Crippen molar-refractivity contribution in [2.24, 2.45) is 10.7 Å². The average molecular weight is 128 g/mol. The van der Waals surface area contributed by atoms with Crippen LogP contribution in [0.15, 0.2) is 16.8 Å². The molecule has 1 heterocycles. The molecule has 0 atom stereocenters. The van der Waals surface area contributed by atoms with E-state index in [0.29, 0.717) is 0 Å². The largest absolute Gasteiger partial charge is 0.401 e. The van der Waals surface area contributed by atoms with E-state index in [-0.39, 0.29) is 12.1 Å². The Labute approximate surface area is 51.1 Å². The van der Waals surface area contributed by atoms with Crippen LogP contribution >= 0.6 is 0 Å². The summed E-state index contributed by atoms with van der Waals surface area (Å²) in [6, 6.07) is 0. The Balaban J connectivity index is 2.86. The standard InChI is InChI=1S/C5H5FN2O/c6-4-1-3(7)2-5(9)8-4/h1H,2,7H2. The van der Waals surface area contributed by atoms with Gasteiger partial charge >= 0.3 is 0 Å². The summed E-state index contributed by atoms with van der Waals surface area (Å²) in [7, 11) is 0. The average Bonchev–Trinajstić information content (AvgIpc) is 1.59. The van der Waals surface area contributed by atoms with E-state index in [9.17, 15) is 9.18 Å². The molecule has 0 aromatic rings. The number of allylic oxidation sites excluding steroid dienone is 1. The zero-order valence-electron chi connectivity index (χ0n) is 4.60. The lowest BCUT2D eigenvalue weighted by atomic mass is 10.2. The summed E-state index contributed by atoms with van der Waals surface area (Å²) in [4.78, 5) is 13.3. The van der Waals surface area contributed by atoms with E-state index in [4.69, 9.17) is 5.73 Å². The molecular formula is C5H5FN2O. The quantitative estimate of drug-likeness (QED) is 0.504. The van der Waals surface area contributed by atoms with Crippen LogP contribution in [0.4, 0.5) is 4.39 Å². The van der Waals surface area contributed by atoms with Gasteiger partial charge in [0, 0.05) is 11.8 Å². The van der Waals surface area contributed by atoms with E-state index >= 15 is 0 Å². The molecular weight excluding hydrogens is 123 g/mol. The number of nitrogens with two attached hydrogens (primary N) is 1. The molecule has 1 aliphatic heterocycles. The highest BCUT2D eigenvalue weighted by Gasteiger charge is 2.09. The minimum Gasteiger partial charge on any atom is -0.401 e. The van der Waals surface area contributed by atoms with Crippen molar-refractivity contribution in [3.8, 4) is 0 Å². The lowest BCUT2D eigenvalue weighted by Gasteiger charge is -2.00. The zero-order chi connectivity index (χ0) is 6.85. The molecule has 9 heavy (non-hydrogen) atoms. The Morgan fingerprint density at radius 2 is 2.44 bits per heavy atom. The fraction of sp³-hybridized carbons (Fsp3) is 0.200. The molecule has 1 rings (SSSR count). The Kier molecular flexibility index (Phi) is 1.30. The van der Waals surface area contributed by atoms with E-state index in [1.807, 2.05) is 0 Å². The second kappa shape index (κ2) is 1.97. The SMILES string of the molecule is NC1=CC(F)=NC(=O)C1. The first-order chi connectivity index (χ1) is 4.18. The highest BCUT2D eigenvalue weighted by Crippen LogP contribution is 2.03. The number of aliphatic imine (C=N–C) groups is 1. The van der Waals surface area contributed by atoms with E-state index < -0.39 is 11.9 Å². The molecule has 3 nitrogen and oxygen atoms in total. The molecule has 0 saturated heterocycles. The topological polar surface area (TPSA) is 55.4 Å². The van der Waals surface area contributed by atoms with E-state index in [0.717, 1.165) is 6.08 Å². The van der Waals surface area contributed by atoms with Crippen LogP contribution in [-0.2, 0) is 4.79 Å². The Bertz CT molecular complexity index is 207. The van der Waals surface area contributed by atoms with Gasteiger partial charge in [-0.05, 0) is 0 Å². The molecule has 0 aromatic carbocycles. The van der Waals surface area contributed by atoms with Crippen molar-refractivity contribution in [2.75, 3.05) is 0 Å². The third-order valence-electron chi connectivity index (χ3n) is 0.891. The summed E-state index contributed by atoms with van der Waals surface area (Å²) >= 11 is 0. The number of hydrogen-bond donors (Lipinski definition) is 1. The molecule has 0 saturated carbocycles. The van der Waals surface area contributed by atoms with Crippen molar-refractivity contribution in [3.63, 3.8) is 0 Å². The predicted octanol–water partition coefficient (Wildman–Crippen LogP) is 0.127. The van der Waals surface area contributed by atoms with Crippen molar-refractivity contribution in [1.29, 1.82) is 0 Å². The molecule has 0 fully saturated rings. The van der Waals surface area contributed by atoms with Crippen LogP contribution in [0.2, 0.25) is 0 Å². The van der Waals surface area contributed by atoms with Crippen LogP contribution in [-0.4, -0.2) is 11.9 Å². The van der Waals surface area contributed by atoms with Gasteiger partial charge in [-0.25, -0.2) is 0 Å². The minimum atomic E-state index is -0.802. The smallest absolute Gasteiger partial charge is 0.254 e. The molecule has 1 amide bonds. The Morgan fingerprint density at radius 3 is 2.89 bits per heavy atom. The fourth-order valence-electron chi connectivity index (χ4n) is 0.570. The van der Waals surface area contributed by atoms with Crippen molar-refractivity contribution in [1.82, 2.24) is 0 Å². The number of dihydropyridines is 1. The maximum Gasteiger partial charge on any atom is 0.254 e. The summed E-state index contributed by atoms with van der Waals surface area (Å²) in [5.74, 6) is -1.32. The van der Waals surface area contributed by atoms with Crippen molar-refractivity contribution in [3.05, 3.63) is 11.8 Å². The summed E-state index contributed by atoms with van der Waals surface area (Å²) < 4.78 is 12.1. The summed E-state index contributed by atoms with van der Waals surface area (Å²) in [6.07, 6.45) is 1.08. The van der Waals surface area contributed by atoms with Gasteiger partial charge in [-0.2, -0.15) is 9.38 Å². The number of halogens is 1. The van der Waals surface area contributed by atoms with Gasteiger partial charge < -0.3 is 5.73 Å². The molecule has 0 unspecified atom stereocenters. The van der Waals surface area contributed by atoms with Gasteiger partial charge in [0.2, 0.25) is 5.97 Å². The van der Waals surface area contributed by atoms with Crippen LogP contribution in [0.25, 0.3) is 0 Å². The third kappa shape index (κ3) is 1.35. The molecule has 0 bridgehead atoms. The van der Waals surface area contributed by atoms with Gasteiger partial charge in [-0.1, -0.05) is 0 Å². The molecule has 1 aliphatic rings. The van der Waals surface area contributed by atoms with Crippen molar-refractivity contribution < 1.29 is 9.18 Å². The van der Waals surface area contributed by atoms with Crippen LogP contribution in [0, 0.1) is 0 Å². The van der Waals surface area contributed by atoms with Gasteiger partial charge in [0.15, 0.2) is 0 Å². The number of hydrogen-bond acceptors (Lipinski definition) is 2. The van der Waals surface area contributed by atoms with E-state index in [1.165, 1.54) is 0 Å². The predicted molar refractivity (Wildman–Crippen MR) is 30.4 cm³/mol. The van der Waals surface area contributed by atoms with Crippen molar-refractivity contribution in [2.45, 2.75) is 6.42 Å². The molecule has 2 N–H and O–H groups in total. The van der Waals surface area contributed by atoms with Crippen LogP contribution in [0.3, 0.4) is 0 Å². The van der Waals surface area contributed by atoms with Gasteiger partial charge in [0.05, 0.1) is 6.42 Å². The van der Waals surface area contributed by atoms with Crippen LogP contribution in [0.1, 0.15) is 6.42 Å². The molecule has 0 aromatic heterocycles. The summed E-state index contributed by atoms with van der Waals surface area (Å²) in [5.41, 5.74) is 5.36. The third-order valence-corrected chi connectivity index (χ3v) is 0.891. The highest BCUT2D eigenvalue weighted by atomic mass is 19.1. The Morgan fingerprint density at radius 1 is 1.78 bits per heavy atom. The lowest BCUT2D eigenvalue weighted by molar-refractivity contribution is -0.117. The van der Waals surface area contributed by atoms with E-state index in [1.54, 1.807) is 0 Å². The van der Waals surface area contributed by atoms with Gasteiger partial charge in [-0.15, -0.1) is 0 Å². The molecule has 48 valence electrons. The number of amides is 1. The van der Waals surface area contributed by atoms with Crippen LogP contribution in [0.5, 0.6) is 0 Å². The zero-order valence-corrected chi connectivity index (χ0v) is 4.60. The molecule has 0 spiro atoms. The summed E-state index contributed by atoms with van der Waals surface area (Å²) in [6.45, 7) is 0. The number of rotatable bonds is 0. The second-order valence-corrected chi connectivity index (χ2v) is 1.72. The maximum atomic E-state index is 12.1. The van der Waals surface area contributed by atoms with Gasteiger partial charge in [0.25, 0.3) is 5.91 Å². The molecule has 0 aliphatic carbocycles. The fourth-order valence-corrected chi connectivity index (χ4v) is 0.570. The monoisotopic (exact) mass is 128 g/mol. The first kappa shape index (κ1) is 5.94. The number of nitrogens with zero attached hydrogens (tertiary/aromatic N) is 1. The number of carbonyl (C=O) groups excluding carboxylic acids is 1. The first-order valence-electron chi connectivity index (χ1n) is 2.41. The van der Waals surface area contributed by atoms with Gasteiger partial charge in [-0.3, -0.25) is 4.79 Å². The normalized spacial score (nSPS) is 19.0. The van der Waals surface area contributed by atoms with Crippen LogP contribution < -0.4 is 5.73 Å². The Hall–Kier alpha value is -1.19. The van der Waals surface area contributed by atoms with E-state index in [2.05, 4.69) is 4.99 Å². The first-order valence-corrected chi connectivity index (χ1v) is 2.41. The summed E-state index contributed by atoms with van der Waals surface area (Å²) in [5, 5.41) is 0.